The fourth-order valence-corrected chi connectivity index (χ4v) is 3.09. The number of piperidine rings is 1. The van der Waals surface area contributed by atoms with Crippen molar-refractivity contribution in [3.8, 4) is 0 Å². The summed E-state index contributed by atoms with van der Waals surface area (Å²) in [4.78, 5) is 24.6. The number of carboxylic acids is 1. The summed E-state index contributed by atoms with van der Waals surface area (Å²) in [5.74, 6) is -0.717. The van der Waals surface area contributed by atoms with Crippen LogP contribution in [0.5, 0.6) is 0 Å². The van der Waals surface area contributed by atoms with Crippen molar-refractivity contribution < 1.29 is 14.7 Å². The molecule has 1 fully saturated rings. The summed E-state index contributed by atoms with van der Waals surface area (Å²) in [5.41, 5.74) is 6.83. The van der Waals surface area contributed by atoms with Crippen LogP contribution in [0.3, 0.4) is 0 Å². The fourth-order valence-electron chi connectivity index (χ4n) is 3.09. The second kappa shape index (κ2) is 6.61. The van der Waals surface area contributed by atoms with Crippen LogP contribution in [-0.4, -0.2) is 30.1 Å². The van der Waals surface area contributed by atoms with E-state index in [1.807, 2.05) is 19.1 Å². The molecule has 1 aliphatic heterocycles. The van der Waals surface area contributed by atoms with E-state index in [1.54, 1.807) is 12.1 Å². The maximum absolute atomic E-state index is 11.5. The van der Waals surface area contributed by atoms with E-state index in [0.29, 0.717) is 11.5 Å². The van der Waals surface area contributed by atoms with Crippen molar-refractivity contribution in [2.24, 2.45) is 17.6 Å². The molecule has 2 atom stereocenters. The van der Waals surface area contributed by atoms with Crippen LogP contribution in [0.25, 0.3) is 0 Å². The minimum absolute atomic E-state index is 0.131. The van der Waals surface area contributed by atoms with Gasteiger partial charge in [0.15, 0.2) is 0 Å². The van der Waals surface area contributed by atoms with Crippen LogP contribution in [-0.2, 0) is 4.79 Å². The predicted octanol–water partition coefficient (Wildman–Crippen LogP) is 2.11. The van der Waals surface area contributed by atoms with Crippen LogP contribution in [0.2, 0.25) is 0 Å². The Kier molecular flexibility index (Phi) is 4.83. The SMILES string of the molecule is CC(CC(=O)O)C1CCCN(c2ccccc2C(N)=O)C1. The lowest BCUT2D eigenvalue weighted by Crippen LogP contribution is -2.39. The first-order chi connectivity index (χ1) is 9.99. The van der Waals surface area contributed by atoms with E-state index in [0.717, 1.165) is 31.6 Å². The number of primary amides is 1. The number of aliphatic carboxylic acids is 1. The van der Waals surface area contributed by atoms with E-state index in [4.69, 9.17) is 10.8 Å². The third kappa shape index (κ3) is 3.74. The summed E-state index contributed by atoms with van der Waals surface area (Å²) in [7, 11) is 0. The number of amides is 1. The highest BCUT2D eigenvalue weighted by atomic mass is 16.4. The van der Waals surface area contributed by atoms with Crippen LogP contribution < -0.4 is 10.6 Å². The average molecular weight is 290 g/mol. The van der Waals surface area contributed by atoms with Crippen LogP contribution in [0.1, 0.15) is 36.5 Å². The maximum Gasteiger partial charge on any atom is 0.303 e. The number of carboxylic acid groups (broad SMARTS) is 1. The van der Waals surface area contributed by atoms with Gasteiger partial charge in [0.05, 0.1) is 5.56 Å². The van der Waals surface area contributed by atoms with Crippen molar-refractivity contribution in [2.75, 3.05) is 18.0 Å². The first-order valence-electron chi connectivity index (χ1n) is 7.34. The molecule has 0 spiro atoms. The Morgan fingerprint density at radius 2 is 2.14 bits per heavy atom. The molecule has 114 valence electrons. The van der Waals surface area contributed by atoms with Crippen molar-refractivity contribution in [3.63, 3.8) is 0 Å². The molecule has 1 aliphatic rings. The largest absolute Gasteiger partial charge is 0.481 e. The smallest absolute Gasteiger partial charge is 0.303 e. The van der Waals surface area contributed by atoms with Gasteiger partial charge in [-0.05, 0) is 36.8 Å². The summed E-state index contributed by atoms with van der Waals surface area (Å²) in [6, 6.07) is 7.34. The van der Waals surface area contributed by atoms with Gasteiger partial charge in [0.1, 0.15) is 0 Å². The van der Waals surface area contributed by atoms with Crippen LogP contribution >= 0.6 is 0 Å². The minimum atomic E-state index is -0.753. The molecule has 5 nitrogen and oxygen atoms in total. The molecule has 2 rings (SSSR count). The molecule has 1 heterocycles. The summed E-state index contributed by atoms with van der Waals surface area (Å²) in [6.45, 7) is 3.64. The van der Waals surface area contributed by atoms with Gasteiger partial charge in [-0.3, -0.25) is 9.59 Å². The molecule has 1 saturated heterocycles. The molecule has 21 heavy (non-hydrogen) atoms. The highest BCUT2D eigenvalue weighted by Crippen LogP contribution is 2.30. The van der Waals surface area contributed by atoms with E-state index < -0.39 is 11.9 Å². The molecule has 1 aromatic rings. The zero-order valence-corrected chi connectivity index (χ0v) is 12.3. The highest BCUT2D eigenvalue weighted by Gasteiger charge is 2.27. The quantitative estimate of drug-likeness (QED) is 0.870. The third-order valence-corrected chi connectivity index (χ3v) is 4.27. The molecule has 2 unspecified atom stereocenters. The first-order valence-corrected chi connectivity index (χ1v) is 7.34. The van der Waals surface area contributed by atoms with Crippen molar-refractivity contribution in [1.29, 1.82) is 0 Å². The van der Waals surface area contributed by atoms with Gasteiger partial charge < -0.3 is 15.7 Å². The Balaban J connectivity index is 2.14. The highest BCUT2D eigenvalue weighted by molar-refractivity contribution is 5.98. The molecule has 0 aromatic heterocycles. The zero-order valence-electron chi connectivity index (χ0n) is 12.3. The monoisotopic (exact) mass is 290 g/mol. The minimum Gasteiger partial charge on any atom is -0.481 e. The molecular weight excluding hydrogens is 268 g/mol. The van der Waals surface area contributed by atoms with E-state index in [1.165, 1.54) is 0 Å². The fraction of sp³-hybridized carbons (Fsp3) is 0.500. The van der Waals surface area contributed by atoms with Crippen LogP contribution in [0, 0.1) is 11.8 Å². The van der Waals surface area contributed by atoms with Crippen LogP contribution in [0.4, 0.5) is 5.69 Å². The normalized spacial score (nSPS) is 20.0. The topological polar surface area (TPSA) is 83.6 Å². The van der Waals surface area contributed by atoms with E-state index in [9.17, 15) is 9.59 Å². The number of nitrogens with two attached hydrogens (primary N) is 1. The number of carbonyl (C=O) groups is 2. The number of benzene rings is 1. The van der Waals surface area contributed by atoms with Gasteiger partial charge in [0, 0.05) is 25.2 Å². The molecule has 1 amide bonds. The molecular formula is C16H22N2O3. The van der Waals surface area contributed by atoms with Gasteiger partial charge in [-0.25, -0.2) is 0 Å². The van der Waals surface area contributed by atoms with Crippen molar-refractivity contribution >= 4 is 17.6 Å². The standard InChI is InChI=1S/C16H22N2O3/c1-11(9-15(19)20)12-5-4-8-18(10-12)14-7-3-2-6-13(14)16(17)21/h2-3,6-7,11-12H,4-5,8-10H2,1H3,(H2,17,21)(H,19,20). The molecule has 0 aliphatic carbocycles. The number of para-hydroxylation sites is 1. The maximum atomic E-state index is 11.5. The Labute approximate surface area is 124 Å². The van der Waals surface area contributed by atoms with Gasteiger partial charge >= 0.3 is 5.97 Å². The predicted molar refractivity (Wildman–Crippen MR) is 81.3 cm³/mol. The van der Waals surface area contributed by atoms with Gasteiger partial charge in [-0.15, -0.1) is 0 Å². The lowest BCUT2D eigenvalue weighted by molar-refractivity contribution is -0.138. The first kappa shape index (κ1) is 15.4. The molecule has 1 aromatic carbocycles. The van der Waals surface area contributed by atoms with E-state index >= 15 is 0 Å². The average Bonchev–Trinajstić information content (AvgIpc) is 2.46. The molecule has 5 heteroatoms. The second-order valence-corrected chi connectivity index (χ2v) is 5.80. The lowest BCUT2D eigenvalue weighted by Gasteiger charge is -2.37. The van der Waals surface area contributed by atoms with Crippen molar-refractivity contribution in [1.82, 2.24) is 0 Å². The van der Waals surface area contributed by atoms with Crippen molar-refractivity contribution in [2.45, 2.75) is 26.2 Å². The Hall–Kier alpha value is -2.04. The van der Waals surface area contributed by atoms with Gasteiger partial charge in [-0.2, -0.15) is 0 Å². The molecule has 0 saturated carbocycles. The number of anilines is 1. The number of hydrogen-bond acceptors (Lipinski definition) is 3. The Bertz CT molecular complexity index is 530. The van der Waals surface area contributed by atoms with Crippen molar-refractivity contribution in [3.05, 3.63) is 29.8 Å². The summed E-state index contributed by atoms with van der Waals surface area (Å²) in [6.07, 6.45) is 2.22. The Morgan fingerprint density at radius 1 is 1.43 bits per heavy atom. The second-order valence-electron chi connectivity index (χ2n) is 5.80. The van der Waals surface area contributed by atoms with E-state index in [-0.39, 0.29) is 12.3 Å². The van der Waals surface area contributed by atoms with Gasteiger partial charge in [-0.1, -0.05) is 19.1 Å². The van der Waals surface area contributed by atoms with Gasteiger partial charge in [0.2, 0.25) is 0 Å². The number of carbonyl (C=O) groups excluding carboxylic acids is 1. The molecule has 3 N–H and O–H groups in total. The zero-order chi connectivity index (χ0) is 15.4. The van der Waals surface area contributed by atoms with E-state index in [2.05, 4.69) is 4.90 Å². The summed E-state index contributed by atoms with van der Waals surface area (Å²) < 4.78 is 0. The number of nitrogens with zero attached hydrogens (tertiary/aromatic N) is 1. The summed E-state index contributed by atoms with van der Waals surface area (Å²) in [5, 5.41) is 8.94. The molecule has 0 radical (unpaired) electrons. The van der Waals surface area contributed by atoms with Gasteiger partial charge in [0.25, 0.3) is 5.91 Å². The Morgan fingerprint density at radius 3 is 2.81 bits per heavy atom. The molecule has 0 bridgehead atoms. The number of rotatable bonds is 5. The van der Waals surface area contributed by atoms with Crippen LogP contribution in [0.15, 0.2) is 24.3 Å². The number of hydrogen-bond donors (Lipinski definition) is 2. The summed E-state index contributed by atoms with van der Waals surface area (Å²) >= 11 is 0. The third-order valence-electron chi connectivity index (χ3n) is 4.27. The lowest BCUT2D eigenvalue weighted by atomic mass is 9.84.